The molecule has 0 aliphatic carbocycles. The molecule has 0 saturated carbocycles. The monoisotopic (exact) mass is 384 g/mol. The van der Waals surface area contributed by atoms with Crippen LogP contribution in [0, 0.1) is 0 Å². The number of hydrogen-bond acceptors (Lipinski definition) is 5. The van der Waals surface area contributed by atoms with Gasteiger partial charge in [0.15, 0.2) is 11.5 Å². The number of halogens is 3. The second-order valence-electron chi connectivity index (χ2n) is 4.86. The standard InChI is InChI=1S/C17H15ClF2N2O4/c1-2-25-14-5-3-4-11(15(14)26-17(19)20)9-21-22-13-8-10(16(23)24)6-7-12(13)18/h3-9,17,22H,2H2,1H3,(H,23,24)/b21-9-. The molecular weight excluding hydrogens is 370 g/mol. The van der Waals surface area contributed by atoms with Crippen molar-refractivity contribution in [3.63, 3.8) is 0 Å². The van der Waals surface area contributed by atoms with Crippen LogP contribution in [-0.4, -0.2) is 30.5 Å². The summed E-state index contributed by atoms with van der Waals surface area (Å²) < 4.78 is 35.1. The summed E-state index contributed by atoms with van der Waals surface area (Å²) in [7, 11) is 0. The second-order valence-corrected chi connectivity index (χ2v) is 5.26. The zero-order valence-electron chi connectivity index (χ0n) is 13.6. The molecule has 138 valence electrons. The van der Waals surface area contributed by atoms with E-state index in [1.807, 2.05) is 0 Å². The SMILES string of the molecule is CCOc1cccc(/C=N\Nc2cc(C(=O)O)ccc2Cl)c1OC(F)F. The molecule has 0 aromatic heterocycles. The van der Waals surface area contributed by atoms with Crippen LogP contribution in [0.4, 0.5) is 14.5 Å². The molecule has 9 heteroatoms. The lowest BCUT2D eigenvalue weighted by atomic mass is 10.2. The largest absolute Gasteiger partial charge is 0.490 e. The molecule has 0 radical (unpaired) electrons. The first-order valence-corrected chi connectivity index (χ1v) is 7.82. The van der Waals surface area contributed by atoms with E-state index in [1.54, 1.807) is 13.0 Å². The lowest BCUT2D eigenvalue weighted by Crippen LogP contribution is -2.07. The van der Waals surface area contributed by atoms with Gasteiger partial charge < -0.3 is 14.6 Å². The average molecular weight is 385 g/mol. The summed E-state index contributed by atoms with van der Waals surface area (Å²) in [4.78, 5) is 11.0. The summed E-state index contributed by atoms with van der Waals surface area (Å²) in [5.41, 5.74) is 3.09. The normalized spacial score (nSPS) is 11.0. The van der Waals surface area contributed by atoms with Gasteiger partial charge in [-0.25, -0.2) is 4.79 Å². The Bertz CT molecular complexity index is 815. The smallest absolute Gasteiger partial charge is 0.387 e. The van der Waals surface area contributed by atoms with Gasteiger partial charge in [0.2, 0.25) is 0 Å². The van der Waals surface area contributed by atoms with E-state index in [0.717, 1.165) is 0 Å². The molecule has 6 nitrogen and oxygen atoms in total. The zero-order chi connectivity index (χ0) is 19.1. The first-order chi connectivity index (χ1) is 12.4. The number of para-hydroxylation sites is 1. The Morgan fingerprint density at radius 3 is 2.81 bits per heavy atom. The minimum Gasteiger partial charge on any atom is -0.490 e. The quantitative estimate of drug-likeness (QED) is 0.518. The van der Waals surface area contributed by atoms with E-state index in [9.17, 15) is 13.6 Å². The average Bonchev–Trinajstić information content (AvgIpc) is 2.58. The number of carbonyl (C=O) groups is 1. The van der Waals surface area contributed by atoms with Crippen molar-refractivity contribution < 1.29 is 28.2 Å². The van der Waals surface area contributed by atoms with E-state index in [1.165, 1.54) is 36.5 Å². The van der Waals surface area contributed by atoms with E-state index in [0.29, 0.717) is 0 Å². The van der Waals surface area contributed by atoms with Crippen LogP contribution >= 0.6 is 11.6 Å². The molecule has 0 atom stereocenters. The molecule has 0 aliphatic heterocycles. The van der Waals surface area contributed by atoms with Gasteiger partial charge in [0.1, 0.15) is 0 Å². The minimum absolute atomic E-state index is 0.0205. The van der Waals surface area contributed by atoms with Crippen molar-refractivity contribution in [1.29, 1.82) is 0 Å². The van der Waals surface area contributed by atoms with Crippen molar-refractivity contribution >= 4 is 29.5 Å². The van der Waals surface area contributed by atoms with Crippen LogP contribution in [0.5, 0.6) is 11.5 Å². The number of nitrogens with zero attached hydrogens (tertiary/aromatic N) is 1. The highest BCUT2D eigenvalue weighted by Gasteiger charge is 2.14. The fourth-order valence-electron chi connectivity index (χ4n) is 2.03. The van der Waals surface area contributed by atoms with Crippen molar-refractivity contribution in [2.45, 2.75) is 13.5 Å². The number of carboxylic acid groups (broad SMARTS) is 1. The predicted molar refractivity (Wildman–Crippen MR) is 93.9 cm³/mol. The maximum absolute atomic E-state index is 12.7. The van der Waals surface area contributed by atoms with Crippen LogP contribution in [0.1, 0.15) is 22.8 Å². The number of benzene rings is 2. The van der Waals surface area contributed by atoms with Crippen molar-refractivity contribution in [2.75, 3.05) is 12.0 Å². The first kappa shape index (κ1) is 19.5. The number of alkyl halides is 2. The fourth-order valence-corrected chi connectivity index (χ4v) is 2.19. The summed E-state index contributed by atoms with van der Waals surface area (Å²) in [6.45, 7) is -1.04. The third-order valence-corrected chi connectivity index (χ3v) is 3.45. The number of hydrazone groups is 1. The molecule has 0 heterocycles. The predicted octanol–water partition coefficient (Wildman–Crippen LogP) is 4.48. The highest BCUT2D eigenvalue weighted by molar-refractivity contribution is 6.33. The Kier molecular flexibility index (Phi) is 6.74. The Hall–Kier alpha value is -2.87. The van der Waals surface area contributed by atoms with Crippen molar-refractivity contribution in [1.82, 2.24) is 0 Å². The fraction of sp³-hybridized carbons (Fsp3) is 0.176. The van der Waals surface area contributed by atoms with Crippen molar-refractivity contribution in [3.05, 3.63) is 52.5 Å². The molecule has 2 rings (SSSR count). The summed E-state index contributed by atoms with van der Waals surface area (Å²) in [5, 5.41) is 13.2. The molecular formula is C17H15ClF2N2O4. The molecule has 26 heavy (non-hydrogen) atoms. The van der Waals surface area contributed by atoms with Gasteiger partial charge in [0.05, 0.1) is 29.1 Å². The Morgan fingerprint density at radius 2 is 2.15 bits per heavy atom. The molecule has 0 spiro atoms. The highest BCUT2D eigenvalue weighted by Crippen LogP contribution is 2.32. The molecule has 0 unspecified atom stereocenters. The first-order valence-electron chi connectivity index (χ1n) is 7.45. The number of rotatable bonds is 8. The lowest BCUT2D eigenvalue weighted by Gasteiger charge is -2.13. The molecule has 2 N–H and O–H groups in total. The van der Waals surface area contributed by atoms with Gasteiger partial charge in [-0.15, -0.1) is 0 Å². The van der Waals surface area contributed by atoms with Gasteiger partial charge in [-0.2, -0.15) is 13.9 Å². The molecule has 0 saturated heterocycles. The van der Waals surface area contributed by atoms with Gasteiger partial charge in [-0.1, -0.05) is 17.7 Å². The third-order valence-electron chi connectivity index (χ3n) is 3.12. The maximum Gasteiger partial charge on any atom is 0.387 e. The number of carboxylic acids is 1. The summed E-state index contributed by atoms with van der Waals surface area (Å²) in [6, 6.07) is 8.67. The number of ether oxygens (including phenoxy) is 2. The third kappa shape index (κ3) is 5.06. The van der Waals surface area contributed by atoms with Crippen LogP contribution in [0.3, 0.4) is 0 Å². The van der Waals surface area contributed by atoms with Gasteiger partial charge >= 0.3 is 12.6 Å². The Morgan fingerprint density at radius 1 is 1.38 bits per heavy atom. The molecule has 2 aromatic rings. The van der Waals surface area contributed by atoms with Gasteiger partial charge in [0.25, 0.3) is 0 Å². The van der Waals surface area contributed by atoms with Gasteiger partial charge in [-0.3, -0.25) is 5.43 Å². The van der Waals surface area contributed by atoms with Gasteiger partial charge in [0, 0.05) is 5.56 Å². The van der Waals surface area contributed by atoms with E-state index < -0.39 is 12.6 Å². The number of nitrogens with one attached hydrogen (secondary N) is 1. The van der Waals surface area contributed by atoms with E-state index >= 15 is 0 Å². The molecule has 0 amide bonds. The summed E-state index contributed by atoms with van der Waals surface area (Å²) in [5.74, 6) is -1.12. The van der Waals surface area contributed by atoms with Crippen LogP contribution in [0.15, 0.2) is 41.5 Å². The van der Waals surface area contributed by atoms with Crippen LogP contribution in [-0.2, 0) is 0 Å². The molecule has 0 fully saturated rings. The maximum atomic E-state index is 12.7. The van der Waals surface area contributed by atoms with Gasteiger partial charge in [-0.05, 0) is 37.3 Å². The van der Waals surface area contributed by atoms with Crippen molar-refractivity contribution in [3.8, 4) is 11.5 Å². The Balaban J connectivity index is 2.26. The minimum atomic E-state index is -3.03. The molecule has 0 bridgehead atoms. The highest BCUT2D eigenvalue weighted by atomic mass is 35.5. The van der Waals surface area contributed by atoms with E-state index in [2.05, 4.69) is 15.3 Å². The summed E-state index contributed by atoms with van der Waals surface area (Å²) in [6.07, 6.45) is 1.24. The number of anilines is 1. The number of hydrogen-bond donors (Lipinski definition) is 2. The lowest BCUT2D eigenvalue weighted by molar-refractivity contribution is -0.0515. The number of aromatic carboxylic acids is 1. The van der Waals surface area contributed by atoms with Crippen LogP contribution < -0.4 is 14.9 Å². The topological polar surface area (TPSA) is 80.2 Å². The Labute approximate surface area is 153 Å². The molecule has 0 aliphatic rings. The van der Waals surface area contributed by atoms with Crippen molar-refractivity contribution in [2.24, 2.45) is 5.10 Å². The summed E-state index contributed by atoms with van der Waals surface area (Å²) >= 11 is 5.98. The van der Waals surface area contributed by atoms with E-state index in [4.69, 9.17) is 21.4 Å². The molecule has 2 aromatic carbocycles. The van der Waals surface area contributed by atoms with Crippen LogP contribution in [0.25, 0.3) is 0 Å². The van der Waals surface area contributed by atoms with Crippen LogP contribution in [0.2, 0.25) is 5.02 Å². The zero-order valence-corrected chi connectivity index (χ0v) is 14.3. The second kappa shape index (κ2) is 9.00. The van der Waals surface area contributed by atoms with E-state index in [-0.39, 0.29) is 39.9 Å².